The summed E-state index contributed by atoms with van der Waals surface area (Å²) >= 11 is 0. The molecule has 152 valence electrons. The topological polar surface area (TPSA) is 60.4 Å². The first-order valence-electron chi connectivity index (χ1n) is 10.0. The van der Waals surface area contributed by atoms with E-state index in [0.717, 1.165) is 24.0 Å². The van der Waals surface area contributed by atoms with Gasteiger partial charge in [0.15, 0.2) is 5.78 Å². The minimum absolute atomic E-state index is 0.0847. The lowest BCUT2D eigenvalue weighted by molar-refractivity contribution is 0.0979. The number of unbranched alkanes of at least 4 members (excludes halogenated alkanes) is 4. The monoisotopic (exact) mass is 402 g/mol. The van der Waals surface area contributed by atoms with Crippen molar-refractivity contribution in [1.82, 2.24) is 0 Å². The van der Waals surface area contributed by atoms with E-state index in [1.165, 1.54) is 19.3 Å². The average Bonchev–Trinajstić information content (AvgIpc) is 2.67. The van der Waals surface area contributed by atoms with E-state index in [9.17, 15) is 13.2 Å². The maximum atomic E-state index is 12.4. The van der Waals surface area contributed by atoms with Crippen LogP contribution in [0.25, 0.3) is 11.1 Å². The van der Waals surface area contributed by atoms with E-state index in [-0.39, 0.29) is 17.3 Å². The van der Waals surface area contributed by atoms with Crippen LogP contribution < -0.4 is 0 Å². The summed E-state index contributed by atoms with van der Waals surface area (Å²) in [5.74, 6) is 0.134. The van der Waals surface area contributed by atoms with Gasteiger partial charge in [0.25, 0.3) is 10.1 Å². The lowest BCUT2D eigenvalue weighted by Gasteiger charge is -2.12. The van der Waals surface area contributed by atoms with Crippen LogP contribution in [-0.2, 0) is 14.3 Å². The SMILES string of the molecule is CCCCCCCC(=O)c1ccc(-c2cc(C)ccc2S(=O)(=O)OCC)cc1. The highest BCUT2D eigenvalue weighted by atomic mass is 32.2. The summed E-state index contributed by atoms with van der Waals surface area (Å²) in [7, 11) is -3.82. The minimum Gasteiger partial charge on any atom is -0.294 e. The van der Waals surface area contributed by atoms with Gasteiger partial charge in [-0.25, -0.2) is 0 Å². The van der Waals surface area contributed by atoms with Gasteiger partial charge in [0.2, 0.25) is 0 Å². The molecule has 0 bridgehead atoms. The van der Waals surface area contributed by atoms with Crippen LogP contribution in [0.5, 0.6) is 0 Å². The maximum absolute atomic E-state index is 12.4. The van der Waals surface area contributed by atoms with Crippen molar-refractivity contribution >= 4 is 15.9 Å². The molecule has 0 saturated carbocycles. The molecule has 0 aliphatic rings. The molecule has 2 aromatic rings. The minimum atomic E-state index is -3.82. The molecule has 28 heavy (non-hydrogen) atoms. The van der Waals surface area contributed by atoms with Crippen LogP contribution in [0.3, 0.4) is 0 Å². The molecule has 0 unspecified atom stereocenters. The van der Waals surface area contributed by atoms with Crippen LogP contribution in [0, 0.1) is 6.92 Å². The fraction of sp³-hybridized carbons (Fsp3) is 0.435. The number of carbonyl (C=O) groups is 1. The first-order valence-corrected chi connectivity index (χ1v) is 11.4. The molecular formula is C23H30O4S. The average molecular weight is 403 g/mol. The van der Waals surface area contributed by atoms with Crippen LogP contribution >= 0.6 is 0 Å². The molecule has 0 aromatic heterocycles. The molecule has 4 nitrogen and oxygen atoms in total. The second-order valence-electron chi connectivity index (χ2n) is 7.03. The van der Waals surface area contributed by atoms with Gasteiger partial charge in [-0.05, 0) is 31.9 Å². The molecule has 0 aliphatic heterocycles. The second-order valence-corrected chi connectivity index (χ2v) is 8.61. The molecule has 2 aromatic carbocycles. The molecule has 0 aliphatic carbocycles. The van der Waals surface area contributed by atoms with E-state index in [4.69, 9.17) is 4.18 Å². The van der Waals surface area contributed by atoms with Crippen LogP contribution in [0.4, 0.5) is 0 Å². The highest BCUT2D eigenvalue weighted by Crippen LogP contribution is 2.30. The van der Waals surface area contributed by atoms with Gasteiger partial charge in [-0.1, -0.05) is 74.6 Å². The fourth-order valence-electron chi connectivity index (χ4n) is 3.18. The molecule has 0 radical (unpaired) electrons. The summed E-state index contributed by atoms with van der Waals surface area (Å²) in [4.78, 5) is 12.5. The summed E-state index contributed by atoms with van der Waals surface area (Å²) in [5.41, 5.74) is 2.97. The van der Waals surface area contributed by atoms with E-state index in [2.05, 4.69) is 6.92 Å². The number of hydrogen-bond acceptors (Lipinski definition) is 4. The maximum Gasteiger partial charge on any atom is 0.297 e. The standard InChI is InChI=1S/C23H30O4S/c1-4-6-7-8-9-10-22(24)20-14-12-19(13-15-20)21-17-18(3)11-16-23(21)28(25,26)27-5-2/h11-17H,4-10H2,1-3H3. The van der Waals surface area contributed by atoms with E-state index < -0.39 is 10.1 Å². The van der Waals surface area contributed by atoms with Gasteiger partial charge in [0.1, 0.15) is 4.90 Å². The number of aryl methyl sites for hydroxylation is 1. The van der Waals surface area contributed by atoms with Crippen molar-refractivity contribution < 1.29 is 17.4 Å². The van der Waals surface area contributed by atoms with E-state index in [1.54, 1.807) is 31.2 Å². The Labute approximate surface area is 169 Å². The van der Waals surface area contributed by atoms with Gasteiger partial charge >= 0.3 is 0 Å². The Bertz CT molecular complexity index is 883. The zero-order valence-electron chi connectivity index (χ0n) is 17.0. The molecule has 0 amide bonds. The van der Waals surface area contributed by atoms with E-state index in [0.29, 0.717) is 17.5 Å². The highest BCUT2D eigenvalue weighted by Gasteiger charge is 2.20. The summed E-state index contributed by atoms with van der Waals surface area (Å²) in [6.45, 7) is 5.82. The van der Waals surface area contributed by atoms with Crippen LogP contribution in [-0.4, -0.2) is 20.8 Å². The number of ketones is 1. The summed E-state index contributed by atoms with van der Waals surface area (Å²) in [5, 5.41) is 0. The van der Waals surface area contributed by atoms with Crippen molar-refractivity contribution in [3.05, 3.63) is 53.6 Å². The van der Waals surface area contributed by atoms with Crippen LogP contribution in [0.15, 0.2) is 47.4 Å². The van der Waals surface area contributed by atoms with Gasteiger partial charge in [-0.15, -0.1) is 0 Å². The molecular weight excluding hydrogens is 372 g/mol. The third-order valence-corrected chi connectivity index (χ3v) is 6.14. The number of hydrogen-bond donors (Lipinski definition) is 0. The first-order chi connectivity index (χ1) is 13.4. The normalized spacial score (nSPS) is 11.5. The van der Waals surface area contributed by atoms with Gasteiger partial charge in [-0.2, -0.15) is 8.42 Å². The highest BCUT2D eigenvalue weighted by molar-refractivity contribution is 7.87. The Hall–Kier alpha value is -1.98. The summed E-state index contributed by atoms with van der Waals surface area (Å²) < 4.78 is 29.8. The number of Topliss-reactive ketones (excluding diaryl/α,β-unsaturated/α-hetero) is 1. The van der Waals surface area contributed by atoms with Crippen molar-refractivity contribution in [3.63, 3.8) is 0 Å². The Balaban J connectivity index is 2.19. The molecule has 0 heterocycles. The zero-order chi connectivity index (χ0) is 20.6. The van der Waals surface area contributed by atoms with Crippen molar-refractivity contribution in [2.75, 3.05) is 6.61 Å². The molecule has 0 spiro atoms. The largest absolute Gasteiger partial charge is 0.297 e. The fourth-order valence-corrected chi connectivity index (χ4v) is 4.29. The predicted molar refractivity (Wildman–Crippen MR) is 113 cm³/mol. The third-order valence-electron chi connectivity index (χ3n) is 4.70. The van der Waals surface area contributed by atoms with Crippen molar-refractivity contribution in [2.24, 2.45) is 0 Å². The number of carbonyl (C=O) groups excluding carboxylic acids is 1. The van der Waals surface area contributed by atoms with Crippen LogP contribution in [0.1, 0.15) is 68.3 Å². The van der Waals surface area contributed by atoms with Crippen molar-refractivity contribution in [3.8, 4) is 11.1 Å². The van der Waals surface area contributed by atoms with Gasteiger partial charge < -0.3 is 0 Å². The Morgan fingerprint density at radius 1 is 0.929 bits per heavy atom. The quantitative estimate of drug-likeness (QED) is 0.265. The Kier molecular flexibility index (Phi) is 8.39. The van der Waals surface area contributed by atoms with Gasteiger partial charge in [-0.3, -0.25) is 8.98 Å². The first kappa shape index (κ1) is 22.3. The lowest BCUT2D eigenvalue weighted by Crippen LogP contribution is -2.08. The molecule has 0 fully saturated rings. The lowest BCUT2D eigenvalue weighted by atomic mass is 9.99. The predicted octanol–water partition coefficient (Wildman–Crippen LogP) is 5.93. The molecule has 0 atom stereocenters. The molecule has 2 rings (SSSR count). The second kappa shape index (κ2) is 10.5. The summed E-state index contributed by atoms with van der Waals surface area (Å²) in [6.07, 6.45) is 6.13. The van der Waals surface area contributed by atoms with Crippen molar-refractivity contribution in [2.45, 2.75) is 64.2 Å². The smallest absolute Gasteiger partial charge is 0.294 e. The van der Waals surface area contributed by atoms with E-state index >= 15 is 0 Å². The Morgan fingerprint density at radius 2 is 1.61 bits per heavy atom. The van der Waals surface area contributed by atoms with Gasteiger partial charge in [0, 0.05) is 17.5 Å². The van der Waals surface area contributed by atoms with E-state index in [1.807, 2.05) is 25.1 Å². The number of benzene rings is 2. The molecule has 5 heteroatoms. The van der Waals surface area contributed by atoms with Crippen molar-refractivity contribution in [1.29, 1.82) is 0 Å². The molecule has 0 N–H and O–H groups in total. The summed E-state index contributed by atoms with van der Waals surface area (Å²) in [6, 6.07) is 12.3. The Morgan fingerprint density at radius 3 is 2.25 bits per heavy atom. The number of rotatable bonds is 11. The van der Waals surface area contributed by atoms with Gasteiger partial charge in [0.05, 0.1) is 6.61 Å². The van der Waals surface area contributed by atoms with Crippen LogP contribution in [0.2, 0.25) is 0 Å². The molecule has 0 saturated heterocycles. The zero-order valence-corrected chi connectivity index (χ0v) is 17.8. The third kappa shape index (κ3) is 6.01.